The molecule has 1 atom stereocenters. The van der Waals surface area contributed by atoms with Crippen LogP contribution >= 0.6 is 0 Å². The second-order valence-electron chi connectivity index (χ2n) is 8.43. The number of rotatable bonds is 5. The van der Waals surface area contributed by atoms with Crippen LogP contribution in [0.4, 0.5) is 0 Å². The standard InChI is InChI=1S/C18H27N5O3S/c1-12(2)11-23-15-10-13(6-7-14(15)20-22-23)16-19-17(21-26-16)18(27(3,24)25)8-4-5-9-18/h12-13H,4-11H2,1-3H3. The number of sulfone groups is 1. The topological polar surface area (TPSA) is 104 Å². The molecule has 8 nitrogen and oxygen atoms in total. The summed E-state index contributed by atoms with van der Waals surface area (Å²) < 4.78 is 31.5. The van der Waals surface area contributed by atoms with Crippen LogP contribution < -0.4 is 0 Å². The van der Waals surface area contributed by atoms with Gasteiger partial charge in [0.1, 0.15) is 4.75 Å². The van der Waals surface area contributed by atoms with Gasteiger partial charge in [-0.1, -0.05) is 37.1 Å². The molecule has 0 aliphatic heterocycles. The minimum Gasteiger partial charge on any atom is -0.339 e. The molecule has 0 bridgehead atoms. The van der Waals surface area contributed by atoms with Crippen molar-refractivity contribution < 1.29 is 12.9 Å². The maximum Gasteiger partial charge on any atom is 0.230 e. The molecule has 0 radical (unpaired) electrons. The van der Waals surface area contributed by atoms with Crippen LogP contribution in [0.3, 0.4) is 0 Å². The Morgan fingerprint density at radius 1 is 1.30 bits per heavy atom. The highest BCUT2D eigenvalue weighted by Gasteiger charge is 2.49. The summed E-state index contributed by atoms with van der Waals surface area (Å²) in [5.41, 5.74) is 2.19. The molecule has 2 aliphatic rings. The minimum atomic E-state index is -3.30. The number of fused-ring (bicyclic) bond motifs is 1. The summed E-state index contributed by atoms with van der Waals surface area (Å²) in [6, 6.07) is 0. The second kappa shape index (κ2) is 6.68. The average molecular weight is 394 g/mol. The van der Waals surface area contributed by atoms with E-state index in [1.165, 1.54) is 6.26 Å². The molecule has 0 saturated heterocycles. The molecular formula is C18H27N5O3S. The summed E-state index contributed by atoms with van der Waals surface area (Å²) in [5.74, 6) is 1.46. The predicted molar refractivity (Wildman–Crippen MR) is 98.9 cm³/mol. The zero-order valence-corrected chi connectivity index (χ0v) is 17.0. The molecule has 2 aromatic heterocycles. The summed E-state index contributed by atoms with van der Waals surface area (Å²) in [6.45, 7) is 5.15. The fourth-order valence-corrected chi connectivity index (χ4v) is 5.87. The average Bonchev–Trinajstić information content (AvgIpc) is 3.33. The smallest absolute Gasteiger partial charge is 0.230 e. The molecule has 2 aromatic rings. The van der Waals surface area contributed by atoms with Gasteiger partial charge in [0, 0.05) is 25.1 Å². The van der Waals surface area contributed by atoms with Crippen molar-refractivity contribution in [3.63, 3.8) is 0 Å². The van der Waals surface area contributed by atoms with Crippen LogP contribution in [0.2, 0.25) is 0 Å². The Morgan fingerprint density at radius 3 is 2.70 bits per heavy atom. The third-order valence-electron chi connectivity index (χ3n) is 5.95. The van der Waals surface area contributed by atoms with Crippen molar-refractivity contribution in [3.8, 4) is 0 Å². The molecule has 0 spiro atoms. The minimum absolute atomic E-state index is 0.0844. The van der Waals surface area contributed by atoms with E-state index in [0.29, 0.717) is 30.5 Å². The lowest BCUT2D eigenvalue weighted by Gasteiger charge is -2.22. The van der Waals surface area contributed by atoms with Crippen molar-refractivity contribution in [3.05, 3.63) is 23.1 Å². The van der Waals surface area contributed by atoms with Gasteiger partial charge < -0.3 is 4.52 Å². The molecule has 1 saturated carbocycles. The normalized spacial score (nSPS) is 22.3. The Hall–Kier alpha value is -1.77. The maximum absolute atomic E-state index is 12.5. The first-order chi connectivity index (χ1) is 12.8. The third kappa shape index (κ3) is 3.19. The van der Waals surface area contributed by atoms with E-state index in [4.69, 9.17) is 4.52 Å². The first-order valence-corrected chi connectivity index (χ1v) is 11.6. The Bertz CT molecular complexity index is 925. The van der Waals surface area contributed by atoms with Gasteiger partial charge in [-0.2, -0.15) is 4.98 Å². The van der Waals surface area contributed by atoms with Crippen molar-refractivity contribution >= 4 is 9.84 Å². The van der Waals surface area contributed by atoms with Crippen LogP contribution in [0, 0.1) is 5.92 Å². The molecule has 1 fully saturated rings. The van der Waals surface area contributed by atoms with E-state index in [0.717, 1.165) is 50.0 Å². The van der Waals surface area contributed by atoms with Crippen LogP contribution in [0.25, 0.3) is 0 Å². The molecule has 9 heteroatoms. The lowest BCUT2D eigenvalue weighted by atomic mass is 9.89. The number of aromatic nitrogens is 5. The van der Waals surface area contributed by atoms with E-state index in [-0.39, 0.29) is 5.92 Å². The van der Waals surface area contributed by atoms with Crippen molar-refractivity contribution in [1.29, 1.82) is 0 Å². The molecule has 27 heavy (non-hydrogen) atoms. The largest absolute Gasteiger partial charge is 0.339 e. The van der Waals surface area contributed by atoms with E-state index in [9.17, 15) is 8.42 Å². The fraction of sp³-hybridized carbons (Fsp3) is 0.778. The van der Waals surface area contributed by atoms with Gasteiger partial charge in [-0.15, -0.1) is 5.10 Å². The Morgan fingerprint density at radius 2 is 2.04 bits per heavy atom. The van der Waals surface area contributed by atoms with Crippen molar-refractivity contribution in [1.82, 2.24) is 25.1 Å². The van der Waals surface area contributed by atoms with Crippen LogP contribution in [0.15, 0.2) is 4.52 Å². The van der Waals surface area contributed by atoms with Crippen LogP contribution in [-0.2, 0) is 34.0 Å². The van der Waals surface area contributed by atoms with E-state index in [1.807, 2.05) is 4.68 Å². The molecule has 148 valence electrons. The molecule has 2 aliphatic carbocycles. The van der Waals surface area contributed by atoms with E-state index >= 15 is 0 Å². The van der Waals surface area contributed by atoms with Crippen LogP contribution in [-0.4, -0.2) is 39.8 Å². The lowest BCUT2D eigenvalue weighted by molar-refractivity contribution is 0.329. The quantitative estimate of drug-likeness (QED) is 0.768. The van der Waals surface area contributed by atoms with Gasteiger partial charge in [-0.3, -0.25) is 0 Å². The number of hydrogen-bond acceptors (Lipinski definition) is 7. The first-order valence-electron chi connectivity index (χ1n) is 9.75. The van der Waals surface area contributed by atoms with Gasteiger partial charge in [-0.05, 0) is 31.6 Å². The second-order valence-corrected chi connectivity index (χ2v) is 10.8. The highest BCUT2D eigenvalue weighted by atomic mass is 32.2. The summed E-state index contributed by atoms with van der Waals surface area (Å²) >= 11 is 0. The van der Waals surface area contributed by atoms with E-state index in [2.05, 4.69) is 34.3 Å². The van der Waals surface area contributed by atoms with Crippen LogP contribution in [0.1, 0.15) is 75.0 Å². The van der Waals surface area contributed by atoms with Gasteiger partial charge in [0.25, 0.3) is 0 Å². The molecular weight excluding hydrogens is 366 g/mol. The molecule has 0 aromatic carbocycles. The van der Waals surface area contributed by atoms with Gasteiger partial charge >= 0.3 is 0 Å². The van der Waals surface area contributed by atoms with E-state index in [1.54, 1.807) is 0 Å². The Balaban J connectivity index is 1.61. The molecule has 4 rings (SSSR count). The monoisotopic (exact) mass is 393 g/mol. The molecule has 0 amide bonds. The summed E-state index contributed by atoms with van der Waals surface area (Å²) in [6.07, 6.45) is 6.64. The van der Waals surface area contributed by atoms with Gasteiger partial charge in [0.15, 0.2) is 15.7 Å². The number of hydrogen-bond donors (Lipinski definition) is 0. The molecule has 1 unspecified atom stereocenters. The summed E-state index contributed by atoms with van der Waals surface area (Å²) in [4.78, 5) is 4.60. The van der Waals surface area contributed by atoms with Crippen molar-refractivity contribution in [2.45, 2.75) is 76.0 Å². The van der Waals surface area contributed by atoms with Crippen LogP contribution in [0.5, 0.6) is 0 Å². The zero-order valence-electron chi connectivity index (χ0n) is 16.2. The summed E-state index contributed by atoms with van der Waals surface area (Å²) in [7, 11) is -3.30. The SMILES string of the molecule is CC(C)Cn1nnc2c1CC(c1nc(C3(S(C)(=O)=O)CCCC3)no1)CC2. The first kappa shape index (κ1) is 18.6. The number of aryl methyl sites for hydroxylation is 1. The van der Waals surface area contributed by atoms with Gasteiger partial charge in [0.05, 0.1) is 11.4 Å². The van der Waals surface area contributed by atoms with E-state index < -0.39 is 14.6 Å². The predicted octanol–water partition coefficient (Wildman–Crippen LogP) is 2.40. The Kier molecular flexibility index (Phi) is 4.60. The Labute approximate surface area is 159 Å². The lowest BCUT2D eigenvalue weighted by Crippen LogP contribution is -2.33. The third-order valence-corrected chi connectivity index (χ3v) is 7.96. The zero-order chi connectivity index (χ0) is 19.2. The van der Waals surface area contributed by atoms with Gasteiger partial charge in [-0.25, -0.2) is 13.1 Å². The highest BCUT2D eigenvalue weighted by molar-refractivity contribution is 7.91. The number of nitrogens with zero attached hydrogens (tertiary/aromatic N) is 5. The maximum atomic E-state index is 12.5. The fourth-order valence-electron chi connectivity index (χ4n) is 4.43. The highest BCUT2D eigenvalue weighted by Crippen LogP contribution is 2.44. The van der Waals surface area contributed by atoms with Crippen molar-refractivity contribution in [2.75, 3.05) is 6.26 Å². The summed E-state index contributed by atoms with van der Waals surface area (Å²) in [5, 5.41) is 12.7. The molecule has 0 N–H and O–H groups in total. The molecule has 2 heterocycles. The van der Waals surface area contributed by atoms with Crippen molar-refractivity contribution in [2.24, 2.45) is 5.92 Å². The van der Waals surface area contributed by atoms with Gasteiger partial charge in [0.2, 0.25) is 5.89 Å².